The average Bonchev–Trinajstić information content (AvgIpc) is 1.64. The first-order chi connectivity index (χ1) is 66.3. The number of esters is 1. The van der Waals surface area contributed by atoms with E-state index in [1.807, 2.05) is 267 Å². The average molecular weight is 2320 g/mol. The number of ether oxygens (including phenoxy) is 3. The van der Waals surface area contributed by atoms with Crippen molar-refractivity contribution >= 4 is 250 Å². The van der Waals surface area contributed by atoms with Crippen LogP contribution in [0.15, 0.2) is 338 Å². The number of rotatable bonds is 23. The summed E-state index contributed by atoms with van der Waals surface area (Å²) in [5.74, 6) is -0.762. The minimum Gasteiger partial charge on any atom is -0.537 e. The van der Waals surface area contributed by atoms with E-state index in [-0.39, 0.29) is 28.7 Å². The number of carboxylic acids is 2. The van der Waals surface area contributed by atoms with Gasteiger partial charge in [0.25, 0.3) is 0 Å². The number of aromatic amines is 1. The van der Waals surface area contributed by atoms with Crippen molar-refractivity contribution in [3.63, 3.8) is 0 Å². The van der Waals surface area contributed by atoms with Crippen LogP contribution >= 0.6 is 213 Å². The van der Waals surface area contributed by atoms with Gasteiger partial charge in [-0.1, -0.05) is 300 Å². The molecule has 3 heterocycles. The molecule has 138 heavy (non-hydrogen) atoms. The van der Waals surface area contributed by atoms with E-state index in [0.717, 1.165) is 113 Å². The Bertz CT molecular complexity index is 6900. The Labute approximate surface area is 889 Å². The zero-order valence-electron chi connectivity index (χ0n) is 72.0. The number of methoxy groups -OCH3 is 2. The Morgan fingerprint density at radius 2 is 0.710 bits per heavy atom. The van der Waals surface area contributed by atoms with E-state index in [2.05, 4.69) is 79.2 Å². The molecule has 21 nitrogen and oxygen atoms in total. The maximum Gasteiger partial charge on any atom is 0.569 e. The van der Waals surface area contributed by atoms with Crippen LogP contribution < -0.4 is 25.6 Å². The van der Waals surface area contributed by atoms with Crippen molar-refractivity contribution in [1.82, 2.24) is 45.4 Å². The topological polar surface area (TPSA) is 304 Å². The molecule has 703 valence electrons. The van der Waals surface area contributed by atoms with E-state index in [9.17, 15) is 19.5 Å². The molecule has 0 amide bonds. The second kappa shape index (κ2) is 53.9. The van der Waals surface area contributed by atoms with Gasteiger partial charge >= 0.3 is 25.6 Å². The van der Waals surface area contributed by atoms with Crippen molar-refractivity contribution in [2.75, 3.05) is 32.3 Å². The molecule has 0 spiro atoms. The normalized spacial score (nSPS) is 10.5. The summed E-state index contributed by atoms with van der Waals surface area (Å²) in [6.45, 7) is 2.76. The third kappa shape index (κ3) is 32.4. The number of carbonyl (C=O) groups is 3. The van der Waals surface area contributed by atoms with Crippen molar-refractivity contribution in [1.29, 1.82) is 0 Å². The van der Waals surface area contributed by atoms with Crippen LogP contribution in [0.25, 0.3) is 55.6 Å². The van der Waals surface area contributed by atoms with E-state index in [1.165, 1.54) is 23.5 Å². The Balaban J connectivity index is 0.000000162. The fraction of sp³-hybridized carbons (Fsp3) is 0.0606. The van der Waals surface area contributed by atoms with Crippen molar-refractivity contribution in [3.8, 4) is 72.9 Å². The van der Waals surface area contributed by atoms with Crippen LogP contribution in [0.3, 0.4) is 0 Å². The number of hydrogen-bond donors (Lipinski definition) is 6. The predicted octanol–water partition coefficient (Wildman–Crippen LogP) is 30.9. The summed E-state index contributed by atoms with van der Waals surface area (Å²) in [6.07, 6.45) is 0. The zero-order valence-corrected chi connectivity index (χ0v) is 87.3. The molecule has 14 aromatic carbocycles. The van der Waals surface area contributed by atoms with Gasteiger partial charge in [-0.3, -0.25) is 0 Å². The molecule has 0 fully saturated rings. The van der Waals surface area contributed by atoms with Crippen LogP contribution in [0.5, 0.6) is 17.2 Å². The van der Waals surface area contributed by atoms with Crippen LogP contribution in [0, 0.1) is 3.57 Å². The lowest BCUT2D eigenvalue weighted by molar-refractivity contribution is 0.0513. The fourth-order valence-electron chi connectivity index (χ4n) is 12.0. The number of aromatic nitrogens is 9. The maximum absolute atomic E-state index is 12.5. The van der Waals surface area contributed by atoms with Gasteiger partial charge in [-0.25, -0.2) is 23.7 Å². The third-order valence-electron chi connectivity index (χ3n) is 18.9. The SMILES string of the molecule is CCOC(=O)c1nnn(Cc2ccc(OC)cc2)c1Sc1ccc(-c2ccc(Cl)cc2)cc1Cl.COc1ccc(Cn2nnc(C(=O)O)c2Sc2ccc(-c3ccc(Cl)cc3)cc2Cl)cc1.Clc1ccc(-c2ccc(Br)c(Cl)c2)cc1.Nc1ccc(-c2ccc(Cl)cc2)cc1Cl.Nc1ccc(I)cc1Cl.O=C(O)c1n[nH]nc1Sc1ccc(-c2ccc(Cl)cc2)cc1Cl.O[B]Oc1ccc(Cl)cc1. The van der Waals surface area contributed by atoms with Gasteiger partial charge in [-0.2, -0.15) is 5.21 Å². The molecule has 0 atom stereocenters. The fourth-order valence-corrected chi connectivity index (χ4v) is 17.8. The quantitative estimate of drug-likeness (QED) is 0.0150. The lowest BCUT2D eigenvalue weighted by Crippen LogP contribution is -2.08. The molecule has 8 N–H and O–H groups in total. The van der Waals surface area contributed by atoms with Gasteiger partial charge in [0.15, 0.2) is 5.03 Å². The monoisotopic (exact) mass is 2310 g/mol. The highest BCUT2D eigenvalue weighted by Gasteiger charge is 2.26. The molecule has 17 aromatic rings. The summed E-state index contributed by atoms with van der Waals surface area (Å²) in [6, 6.07) is 93.4. The summed E-state index contributed by atoms with van der Waals surface area (Å²) in [7, 11) is 3.85. The molecule has 39 heteroatoms. The molecule has 1 radical (unpaired) electrons. The molecular formula is C99H73BBrCl12IN11O10S3. The van der Waals surface area contributed by atoms with E-state index in [4.69, 9.17) is 175 Å². The van der Waals surface area contributed by atoms with Gasteiger partial charge in [0.2, 0.25) is 17.1 Å². The minimum atomic E-state index is -1.15. The molecule has 3 aromatic heterocycles. The largest absolute Gasteiger partial charge is 0.569 e. The van der Waals surface area contributed by atoms with Crippen LogP contribution in [-0.2, 0) is 17.8 Å². The van der Waals surface area contributed by atoms with E-state index in [1.54, 1.807) is 66.9 Å². The molecule has 0 bridgehead atoms. The van der Waals surface area contributed by atoms with E-state index < -0.39 is 17.9 Å². The van der Waals surface area contributed by atoms with Gasteiger partial charge in [-0.15, -0.1) is 20.4 Å². The number of nitrogens with two attached hydrogens (primary N) is 2. The van der Waals surface area contributed by atoms with E-state index in [0.29, 0.717) is 108 Å². The number of H-pyrrole nitrogens is 1. The van der Waals surface area contributed by atoms with Gasteiger partial charge in [0.1, 0.15) is 27.3 Å². The van der Waals surface area contributed by atoms with Crippen LogP contribution in [0.1, 0.15) is 49.5 Å². The number of nitrogen functional groups attached to an aromatic ring is 2. The van der Waals surface area contributed by atoms with Gasteiger partial charge in [-0.05, 0) is 300 Å². The molecule has 0 aliphatic rings. The zero-order chi connectivity index (χ0) is 99.1. The summed E-state index contributed by atoms with van der Waals surface area (Å²) in [5.41, 5.74) is 24.2. The van der Waals surface area contributed by atoms with Crippen molar-refractivity contribution in [2.24, 2.45) is 0 Å². The van der Waals surface area contributed by atoms with Crippen LogP contribution in [0.2, 0.25) is 60.3 Å². The van der Waals surface area contributed by atoms with Gasteiger partial charge < -0.3 is 45.6 Å². The van der Waals surface area contributed by atoms with E-state index >= 15 is 0 Å². The number of hydrogen-bond acceptors (Lipinski definition) is 19. The molecule has 0 unspecified atom stereocenters. The van der Waals surface area contributed by atoms with Crippen LogP contribution in [-0.4, -0.2) is 107 Å². The number of carbonyl (C=O) groups excluding carboxylic acids is 1. The van der Waals surface area contributed by atoms with Gasteiger partial charge in [0.05, 0.1) is 75.4 Å². The molecule has 0 aliphatic carbocycles. The molecular weight excluding hydrogens is 2240 g/mol. The first-order valence-electron chi connectivity index (χ1n) is 40.3. The van der Waals surface area contributed by atoms with Gasteiger partial charge in [0, 0.05) is 52.9 Å². The standard InChI is InChI=1S/C25H21Cl2N3O3S.C23H17Cl2N3O3S.C15H9Cl2N3O2S.C12H7BrCl2.C12H9Cl2N.C6H5BClO2.C6H5ClIN/c1-3-33-25(31)23-24(30(29-28-23)15-16-4-11-20(32-2)12-5-16)34-22-13-8-18(14-21(22)27)17-6-9-19(26)10-7-17;1-31-18-9-2-14(3-10-18)13-28-22(21(23(29)30)26-27-28)32-20-11-6-16(12-19(20)25)15-4-7-17(24)8-5-15;16-10-4-1-8(2-5-10)9-3-6-12(11(17)7-9)23-14-13(15(21)22)18-20-19-14;13-11-6-3-9(7-12(11)15)8-1-4-10(14)5-2-8;13-10-4-1-8(2-5-10)9-3-6-12(15)11(14)7-9;8-5-1-3-6(4-2-5)10-7-9;7-5-3-4(8)1-2-6(5)9/h4-14H,3,15H2,1-2H3;2-12H,13H2,1H3,(H,29,30);1-7H,(H,21,22)(H,18,19,20);1-7H;1-7H,15H2;1-4,9H;1-3H,9H2. The Kier molecular flexibility index (Phi) is 42.2. The second-order valence-electron chi connectivity index (χ2n) is 28.3. The number of benzene rings is 14. The Morgan fingerprint density at radius 1 is 0.391 bits per heavy atom. The third-order valence-corrected chi connectivity index (χ3v) is 27.7. The molecule has 0 saturated heterocycles. The number of anilines is 2. The highest BCUT2D eigenvalue weighted by Crippen LogP contribution is 2.42. The lowest BCUT2D eigenvalue weighted by atomic mass is 10.1. The number of aromatic carboxylic acids is 2. The first-order valence-corrected chi connectivity index (χ1v) is 49.2. The molecule has 0 aliphatic heterocycles. The summed E-state index contributed by atoms with van der Waals surface area (Å²) in [4.78, 5) is 37.5. The summed E-state index contributed by atoms with van der Waals surface area (Å²) >= 11 is 81.4. The Morgan fingerprint density at radius 3 is 1.05 bits per heavy atom. The molecule has 17 rings (SSSR count). The number of nitrogens with zero attached hydrogens (tertiary/aromatic N) is 8. The highest BCUT2D eigenvalue weighted by atomic mass is 127. The maximum atomic E-state index is 12.5. The lowest BCUT2D eigenvalue weighted by Gasteiger charge is -2.11. The summed E-state index contributed by atoms with van der Waals surface area (Å²) < 4.78 is 25.5. The first kappa shape index (κ1) is 108. The van der Waals surface area contributed by atoms with Crippen LogP contribution in [0.4, 0.5) is 11.4 Å². The Hall–Kier alpha value is -10.3. The number of carboxylic acid groups (broad SMARTS) is 2. The minimum absolute atomic E-state index is 0.124. The molecule has 0 saturated carbocycles. The predicted molar refractivity (Wildman–Crippen MR) is 573 cm³/mol. The smallest absolute Gasteiger partial charge is 0.537 e. The number of halogens is 14. The summed E-state index contributed by atoms with van der Waals surface area (Å²) in [5, 5.41) is 61.6. The number of nitrogens with one attached hydrogen (secondary N) is 1. The van der Waals surface area contributed by atoms with Crippen molar-refractivity contribution < 1.29 is 48.5 Å². The second-order valence-corrected chi connectivity index (χ2v) is 38.5. The van der Waals surface area contributed by atoms with Crippen molar-refractivity contribution in [3.05, 3.63) is 400 Å². The van der Waals surface area contributed by atoms with Crippen molar-refractivity contribution in [2.45, 2.75) is 49.8 Å². The highest BCUT2D eigenvalue weighted by molar-refractivity contribution is 14.1.